The van der Waals surface area contributed by atoms with E-state index in [9.17, 15) is 19.5 Å². The Kier molecular flexibility index (Phi) is 8.50. The average Bonchev–Trinajstić information content (AvgIpc) is 3.45. The van der Waals surface area contributed by atoms with Gasteiger partial charge in [0, 0.05) is 18.7 Å². The number of carboxylic acid groups (broad SMARTS) is 1. The first kappa shape index (κ1) is 26.0. The molecular formula is C26H24N2O5S3. The van der Waals surface area contributed by atoms with Gasteiger partial charge in [-0.25, -0.2) is 4.79 Å². The number of nitrogens with zero attached hydrogens (tertiary/aromatic N) is 2. The maximum atomic E-state index is 13.3. The molecule has 0 spiro atoms. The Morgan fingerprint density at radius 3 is 2.56 bits per heavy atom. The van der Waals surface area contributed by atoms with Crippen LogP contribution in [0.25, 0.3) is 6.08 Å². The van der Waals surface area contributed by atoms with Crippen molar-refractivity contribution < 1.29 is 24.2 Å². The van der Waals surface area contributed by atoms with Crippen LogP contribution in [0, 0.1) is 0 Å². The van der Waals surface area contributed by atoms with E-state index in [1.807, 2.05) is 48.5 Å². The highest BCUT2D eigenvalue weighted by atomic mass is 32.2. The topological polar surface area (TPSA) is 87.2 Å². The van der Waals surface area contributed by atoms with Crippen LogP contribution in [0.4, 0.5) is 0 Å². The Hall–Kier alpha value is -3.08. The molecule has 2 unspecified atom stereocenters. The van der Waals surface area contributed by atoms with E-state index >= 15 is 0 Å². The number of rotatable bonds is 8. The lowest BCUT2D eigenvalue weighted by Gasteiger charge is -2.28. The van der Waals surface area contributed by atoms with E-state index in [1.165, 1.54) is 33.3 Å². The van der Waals surface area contributed by atoms with Crippen molar-refractivity contribution in [2.24, 2.45) is 0 Å². The van der Waals surface area contributed by atoms with Gasteiger partial charge >= 0.3 is 5.97 Å². The SMILES string of the molecule is COc1ccc(C2CSC(C(=O)O)N2C(=O)CCN2C(=O)C(=CC=Cc3ccccc3)SC2=S)cc1. The molecule has 2 aliphatic heterocycles. The van der Waals surface area contributed by atoms with Crippen molar-refractivity contribution in [1.82, 2.24) is 9.80 Å². The van der Waals surface area contributed by atoms with Crippen molar-refractivity contribution in [3.05, 3.63) is 82.8 Å². The van der Waals surface area contributed by atoms with Gasteiger partial charge in [0.05, 0.1) is 18.1 Å². The number of carbonyl (C=O) groups excluding carboxylic acids is 2. The number of carbonyl (C=O) groups is 3. The van der Waals surface area contributed by atoms with Crippen LogP contribution >= 0.6 is 35.7 Å². The summed E-state index contributed by atoms with van der Waals surface area (Å²) in [4.78, 5) is 41.3. The zero-order valence-corrected chi connectivity index (χ0v) is 21.9. The van der Waals surface area contributed by atoms with E-state index in [-0.39, 0.29) is 30.8 Å². The summed E-state index contributed by atoms with van der Waals surface area (Å²) in [5.74, 6) is -0.517. The minimum absolute atomic E-state index is 0.0312. The molecule has 1 N–H and O–H groups in total. The molecule has 2 amide bonds. The molecule has 2 fully saturated rings. The number of methoxy groups -OCH3 is 1. The normalized spacial score (nSPS) is 21.1. The molecule has 2 atom stereocenters. The number of thioether (sulfide) groups is 2. The van der Waals surface area contributed by atoms with Gasteiger partial charge in [-0.2, -0.15) is 0 Å². The van der Waals surface area contributed by atoms with E-state index in [0.717, 1.165) is 11.1 Å². The highest BCUT2D eigenvalue weighted by Gasteiger charge is 2.42. The van der Waals surface area contributed by atoms with Crippen LogP contribution < -0.4 is 4.74 Å². The molecule has 2 heterocycles. The molecule has 186 valence electrons. The highest BCUT2D eigenvalue weighted by Crippen LogP contribution is 2.40. The largest absolute Gasteiger partial charge is 0.497 e. The van der Waals surface area contributed by atoms with Gasteiger partial charge in [0.25, 0.3) is 5.91 Å². The summed E-state index contributed by atoms with van der Waals surface area (Å²) < 4.78 is 5.58. The van der Waals surface area contributed by atoms with E-state index in [4.69, 9.17) is 17.0 Å². The zero-order valence-electron chi connectivity index (χ0n) is 19.4. The van der Waals surface area contributed by atoms with Crippen molar-refractivity contribution in [3.63, 3.8) is 0 Å². The van der Waals surface area contributed by atoms with Crippen LogP contribution in [-0.2, 0) is 14.4 Å². The van der Waals surface area contributed by atoms with Crippen LogP contribution in [0.15, 0.2) is 71.7 Å². The van der Waals surface area contributed by atoms with Gasteiger partial charge in [-0.3, -0.25) is 14.5 Å². The Bertz CT molecular complexity index is 1210. The average molecular weight is 541 g/mol. The number of hydrogen-bond acceptors (Lipinski definition) is 7. The molecule has 0 radical (unpaired) electrons. The predicted octanol–water partition coefficient (Wildman–Crippen LogP) is 4.57. The Balaban J connectivity index is 1.43. The van der Waals surface area contributed by atoms with Gasteiger partial charge in [-0.05, 0) is 29.3 Å². The molecular weight excluding hydrogens is 516 g/mol. The van der Waals surface area contributed by atoms with E-state index < -0.39 is 11.3 Å². The van der Waals surface area contributed by atoms with Crippen molar-refractivity contribution in [2.45, 2.75) is 17.8 Å². The molecule has 10 heteroatoms. The summed E-state index contributed by atoms with van der Waals surface area (Å²) in [5.41, 5.74) is 1.84. The van der Waals surface area contributed by atoms with Crippen molar-refractivity contribution in [3.8, 4) is 5.75 Å². The second kappa shape index (κ2) is 11.8. The number of amides is 2. The maximum Gasteiger partial charge on any atom is 0.337 e. The first-order valence-corrected chi connectivity index (χ1v) is 13.4. The maximum absolute atomic E-state index is 13.3. The van der Waals surface area contributed by atoms with Gasteiger partial charge in [-0.1, -0.05) is 78.6 Å². The lowest BCUT2D eigenvalue weighted by molar-refractivity contribution is -0.147. The third kappa shape index (κ3) is 5.83. The lowest BCUT2D eigenvalue weighted by Crippen LogP contribution is -2.42. The molecule has 2 aromatic carbocycles. The smallest absolute Gasteiger partial charge is 0.337 e. The minimum Gasteiger partial charge on any atom is -0.497 e. The molecule has 7 nitrogen and oxygen atoms in total. The number of allylic oxidation sites excluding steroid dienone is 2. The first-order valence-electron chi connectivity index (χ1n) is 11.2. The van der Waals surface area contributed by atoms with E-state index in [1.54, 1.807) is 31.4 Å². The van der Waals surface area contributed by atoms with Crippen LogP contribution in [-0.4, -0.2) is 61.8 Å². The van der Waals surface area contributed by atoms with Crippen LogP contribution in [0.1, 0.15) is 23.6 Å². The van der Waals surface area contributed by atoms with Crippen LogP contribution in [0.2, 0.25) is 0 Å². The van der Waals surface area contributed by atoms with Crippen molar-refractivity contribution in [2.75, 3.05) is 19.4 Å². The summed E-state index contributed by atoms with van der Waals surface area (Å²) in [7, 11) is 1.57. The summed E-state index contributed by atoms with van der Waals surface area (Å²) in [6.45, 7) is 0.0894. The molecule has 0 aliphatic carbocycles. The Morgan fingerprint density at radius 2 is 1.89 bits per heavy atom. The monoisotopic (exact) mass is 540 g/mol. The number of benzene rings is 2. The molecule has 0 aromatic heterocycles. The predicted molar refractivity (Wildman–Crippen MR) is 147 cm³/mol. The standard InChI is InChI=1S/C26H24N2O5S3/c1-33-19-12-10-18(11-13-19)20-16-35-24(25(31)32)28(20)22(29)14-15-27-23(30)21(36-26(27)34)9-5-8-17-6-3-2-4-7-17/h2-13,20,24H,14-16H2,1H3,(H,31,32). The number of carboxylic acids is 1. The molecule has 2 aliphatic rings. The van der Waals surface area contributed by atoms with Crippen molar-refractivity contribution in [1.29, 1.82) is 0 Å². The quantitative estimate of drug-likeness (QED) is 0.385. The van der Waals surface area contributed by atoms with Gasteiger partial charge < -0.3 is 14.7 Å². The summed E-state index contributed by atoms with van der Waals surface area (Å²) in [6.07, 6.45) is 5.37. The second-order valence-electron chi connectivity index (χ2n) is 7.99. The van der Waals surface area contributed by atoms with Crippen LogP contribution in [0.5, 0.6) is 5.75 Å². The molecule has 0 bridgehead atoms. The molecule has 36 heavy (non-hydrogen) atoms. The first-order chi connectivity index (χ1) is 17.4. The number of thiocarbonyl (C=S) groups is 1. The van der Waals surface area contributed by atoms with E-state index in [2.05, 4.69) is 0 Å². The third-order valence-corrected chi connectivity index (χ3v) is 8.41. The zero-order chi connectivity index (χ0) is 25.7. The van der Waals surface area contributed by atoms with Crippen LogP contribution in [0.3, 0.4) is 0 Å². The molecule has 2 aromatic rings. The third-order valence-electron chi connectivity index (χ3n) is 5.76. The van der Waals surface area contributed by atoms with E-state index in [0.29, 0.717) is 20.7 Å². The number of ether oxygens (including phenoxy) is 1. The fraction of sp³-hybridized carbons (Fsp3) is 0.231. The van der Waals surface area contributed by atoms with Gasteiger partial charge in [0.15, 0.2) is 5.37 Å². The van der Waals surface area contributed by atoms with Gasteiger partial charge in [0.2, 0.25) is 5.91 Å². The minimum atomic E-state index is -1.07. The number of hydrogen-bond donors (Lipinski definition) is 1. The fourth-order valence-corrected chi connectivity index (χ4v) is 6.48. The van der Waals surface area contributed by atoms with Gasteiger partial charge in [0.1, 0.15) is 10.1 Å². The summed E-state index contributed by atoms with van der Waals surface area (Å²) in [5, 5.41) is 8.72. The fourth-order valence-electron chi connectivity index (χ4n) is 3.94. The molecule has 2 saturated heterocycles. The van der Waals surface area contributed by atoms with Crippen molar-refractivity contribution >= 4 is 63.9 Å². The molecule has 0 saturated carbocycles. The second-order valence-corrected chi connectivity index (χ2v) is 10.8. The number of aliphatic carboxylic acids is 1. The lowest BCUT2D eigenvalue weighted by atomic mass is 10.1. The summed E-state index contributed by atoms with van der Waals surface area (Å²) >= 11 is 7.79. The Morgan fingerprint density at radius 1 is 1.17 bits per heavy atom. The molecule has 4 rings (SSSR count). The summed E-state index contributed by atoms with van der Waals surface area (Å²) in [6, 6.07) is 16.6. The van der Waals surface area contributed by atoms with Gasteiger partial charge in [-0.15, -0.1) is 11.8 Å². The Labute approximate surface area is 223 Å². The highest BCUT2D eigenvalue weighted by molar-refractivity contribution is 8.26.